The van der Waals surface area contributed by atoms with E-state index in [4.69, 9.17) is 16.3 Å². The highest BCUT2D eigenvalue weighted by atomic mass is 35.5. The monoisotopic (exact) mass is 455 g/mol. The molecule has 0 aliphatic carbocycles. The maximum Gasteiger partial charge on any atom is 0.293 e. The summed E-state index contributed by atoms with van der Waals surface area (Å²) in [6.07, 6.45) is 3.90. The van der Waals surface area contributed by atoms with E-state index >= 15 is 0 Å². The molecule has 0 bridgehead atoms. The minimum Gasteiger partial charge on any atom is -0.480 e. The first-order chi connectivity index (χ1) is 15.4. The van der Waals surface area contributed by atoms with E-state index in [0.29, 0.717) is 22.7 Å². The molecule has 9 heteroatoms. The van der Waals surface area contributed by atoms with Gasteiger partial charge in [-0.3, -0.25) is 9.59 Å². The predicted molar refractivity (Wildman–Crippen MR) is 126 cm³/mol. The summed E-state index contributed by atoms with van der Waals surface area (Å²) >= 11 is 6.37. The lowest BCUT2D eigenvalue weighted by molar-refractivity contribution is -0.118. The van der Waals surface area contributed by atoms with Crippen LogP contribution >= 0.6 is 11.6 Å². The van der Waals surface area contributed by atoms with Crippen molar-refractivity contribution in [2.75, 3.05) is 29.9 Å². The van der Waals surface area contributed by atoms with E-state index in [-0.39, 0.29) is 23.7 Å². The summed E-state index contributed by atoms with van der Waals surface area (Å²) in [7, 11) is 1.67. The van der Waals surface area contributed by atoms with Crippen LogP contribution in [-0.2, 0) is 11.8 Å². The number of ketones is 1. The number of nitrogens with one attached hydrogen (secondary N) is 1. The Morgan fingerprint density at radius 3 is 2.88 bits per heavy atom. The fourth-order valence-electron chi connectivity index (χ4n) is 3.90. The molecule has 168 valence electrons. The van der Waals surface area contributed by atoms with Gasteiger partial charge in [0.2, 0.25) is 5.95 Å². The molecule has 1 fully saturated rings. The van der Waals surface area contributed by atoms with Crippen molar-refractivity contribution in [2.45, 2.75) is 26.7 Å². The van der Waals surface area contributed by atoms with Gasteiger partial charge in [-0.05, 0) is 43.5 Å². The number of benzene rings is 1. The molecular weight excluding hydrogens is 430 g/mol. The van der Waals surface area contributed by atoms with Gasteiger partial charge < -0.3 is 19.5 Å². The summed E-state index contributed by atoms with van der Waals surface area (Å²) in [5.41, 5.74) is 1.21. The van der Waals surface area contributed by atoms with Crippen LogP contribution < -0.4 is 20.5 Å². The Bertz CT molecular complexity index is 1230. The number of hydrogen-bond acceptors (Lipinski definition) is 7. The number of aromatic nitrogens is 3. The lowest BCUT2D eigenvalue weighted by Crippen LogP contribution is -2.22. The number of rotatable bonds is 7. The fraction of sp³-hybridized carbons (Fsp3) is 0.391. The molecule has 4 rings (SSSR count). The van der Waals surface area contributed by atoms with E-state index in [1.165, 1.54) is 11.5 Å². The average molecular weight is 456 g/mol. The molecule has 1 aromatic carbocycles. The average Bonchev–Trinajstić information content (AvgIpc) is 3.26. The van der Waals surface area contributed by atoms with Crippen LogP contribution in [-0.4, -0.2) is 40.0 Å². The maximum atomic E-state index is 12.5. The number of aryl methyl sites for hydroxylation is 1. The smallest absolute Gasteiger partial charge is 0.293 e. The molecule has 1 atom stereocenters. The Morgan fingerprint density at radius 2 is 2.16 bits per heavy atom. The van der Waals surface area contributed by atoms with Gasteiger partial charge in [-0.15, -0.1) is 0 Å². The van der Waals surface area contributed by atoms with Gasteiger partial charge in [0, 0.05) is 31.2 Å². The Labute approximate surface area is 191 Å². The predicted octanol–water partition coefficient (Wildman–Crippen LogP) is 3.93. The highest BCUT2D eigenvalue weighted by molar-refractivity contribution is 6.32. The number of nitrogens with zero attached hydrogens (tertiary/aromatic N) is 4. The Kier molecular flexibility index (Phi) is 6.32. The van der Waals surface area contributed by atoms with Crippen LogP contribution in [0.25, 0.3) is 10.9 Å². The lowest BCUT2D eigenvalue weighted by atomic mass is 10.1. The minimum atomic E-state index is -0.293. The quantitative estimate of drug-likeness (QED) is 0.577. The van der Waals surface area contributed by atoms with Gasteiger partial charge in [-0.1, -0.05) is 24.9 Å². The summed E-state index contributed by atoms with van der Waals surface area (Å²) in [5, 5.41) is 4.47. The van der Waals surface area contributed by atoms with Gasteiger partial charge >= 0.3 is 0 Å². The van der Waals surface area contributed by atoms with Gasteiger partial charge in [-0.25, -0.2) is 4.98 Å². The molecule has 3 heterocycles. The SMILES string of the molecule is CCC1CCN(c2ncc(Cl)c(Nc3ccc4c(c3)cc(OCC(C)=O)c(=O)n4C)n2)C1. The van der Waals surface area contributed by atoms with Crippen LogP contribution in [0, 0.1) is 5.92 Å². The molecule has 1 aliphatic rings. The van der Waals surface area contributed by atoms with Gasteiger partial charge in [0.05, 0.1) is 11.7 Å². The molecule has 1 aliphatic heterocycles. The molecule has 2 aromatic heterocycles. The number of hydrogen-bond donors (Lipinski definition) is 1. The van der Waals surface area contributed by atoms with E-state index in [2.05, 4.69) is 27.1 Å². The van der Waals surface area contributed by atoms with Crippen molar-refractivity contribution in [1.82, 2.24) is 14.5 Å². The fourth-order valence-corrected chi connectivity index (χ4v) is 4.03. The van der Waals surface area contributed by atoms with E-state index in [0.717, 1.165) is 42.5 Å². The molecule has 1 N–H and O–H groups in total. The molecule has 0 radical (unpaired) electrons. The molecule has 1 saturated heterocycles. The van der Waals surface area contributed by atoms with Crippen molar-refractivity contribution < 1.29 is 9.53 Å². The highest BCUT2D eigenvalue weighted by Gasteiger charge is 2.23. The van der Waals surface area contributed by atoms with Crippen molar-refractivity contribution >= 4 is 45.7 Å². The number of carbonyl (C=O) groups excluding carboxylic acids is 1. The highest BCUT2D eigenvalue weighted by Crippen LogP contribution is 2.29. The summed E-state index contributed by atoms with van der Waals surface area (Å²) in [6.45, 7) is 5.36. The van der Waals surface area contributed by atoms with Crippen molar-refractivity contribution in [3.63, 3.8) is 0 Å². The number of halogens is 1. The van der Waals surface area contributed by atoms with E-state index < -0.39 is 0 Å². The molecular formula is C23H26ClN5O3. The molecule has 32 heavy (non-hydrogen) atoms. The first-order valence-corrected chi connectivity index (χ1v) is 11.0. The van der Waals surface area contributed by atoms with Crippen molar-refractivity contribution in [3.05, 3.63) is 45.8 Å². The lowest BCUT2D eigenvalue weighted by Gasteiger charge is -2.18. The summed E-state index contributed by atoms with van der Waals surface area (Å²) < 4.78 is 6.91. The van der Waals surface area contributed by atoms with Crippen LogP contribution in [0.1, 0.15) is 26.7 Å². The van der Waals surface area contributed by atoms with Crippen LogP contribution in [0.15, 0.2) is 35.3 Å². The van der Waals surface area contributed by atoms with E-state index in [1.54, 1.807) is 19.3 Å². The maximum absolute atomic E-state index is 12.5. The third kappa shape index (κ3) is 4.55. The van der Waals surface area contributed by atoms with E-state index in [1.807, 2.05) is 18.2 Å². The molecule has 1 unspecified atom stereocenters. The van der Waals surface area contributed by atoms with Crippen LogP contribution in [0.2, 0.25) is 5.02 Å². The second kappa shape index (κ2) is 9.16. The zero-order chi connectivity index (χ0) is 22.8. The molecule has 0 saturated carbocycles. The largest absolute Gasteiger partial charge is 0.480 e. The zero-order valence-electron chi connectivity index (χ0n) is 18.4. The zero-order valence-corrected chi connectivity index (χ0v) is 19.1. The third-order valence-electron chi connectivity index (χ3n) is 5.76. The number of Topliss-reactive ketones (excluding diaryl/α,β-unsaturated/α-hetero) is 1. The Hall–Kier alpha value is -3.13. The first-order valence-electron chi connectivity index (χ1n) is 10.7. The Balaban J connectivity index is 1.63. The van der Waals surface area contributed by atoms with Crippen LogP contribution in [0.4, 0.5) is 17.5 Å². The van der Waals surface area contributed by atoms with Crippen molar-refractivity contribution in [2.24, 2.45) is 13.0 Å². The minimum absolute atomic E-state index is 0.134. The number of fused-ring (bicyclic) bond motifs is 1. The summed E-state index contributed by atoms with van der Waals surface area (Å²) in [4.78, 5) is 35.0. The van der Waals surface area contributed by atoms with Crippen molar-refractivity contribution in [1.29, 1.82) is 0 Å². The van der Waals surface area contributed by atoms with Gasteiger partial charge in [0.1, 0.15) is 11.6 Å². The van der Waals surface area contributed by atoms with Gasteiger partial charge in [0.15, 0.2) is 17.4 Å². The van der Waals surface area contributed by atoms with Gasteiger partial charge in [-0.2, -0.15) is 4.98 Å². The second-order valence-electron chi connectivity index (χ2n) is 8.14. The summed E-state index contributed by atoms with van der Waals surface area (Å²) in [5.74, 6) is 1.83. The molecule has 0 spiro atoms. The third-order valence-corrected chi connectivity index (χ3v) is 6.04. The Morgan fingerprint density at radius 1 is 1.34 bits per heavy atom. The number of pyridine rings is 1. The topological polar surface area (TPSA) is 89.4 Å². The molecule has 0 amide bonds. The number of carbonyl (C=O) groups is 1. The number of anilines is 3. The second-order valence-corrected chi connectivity index (χ2v) is 8.54. The molecule has 8 nitrogen and oxygen atoms in total. The normalized spacial score (nSPS) is 15.9. The first kappa shape index (κ1) is 22.1. The standard InChI is InChI=1S/C23H26ClN5O3/c1-4-15-7-8-29(12-15)23-25-11-18(24)21(27-23)26-17-5-6-19-16(9-17)10-20(22(31)28(19)3)32-13-14(2)30/h5-6,9-11,15H,4,7-8,12-13H2,1-3H3,(H,25,26,27). The van der Waals surface area contributed by atoms with Crippen LogP contribution in [0.5, 0.6) is 5.75 Å². The van der Waals surface area contributed by atoms with Crippen molar-refractivity contribution in [3.8, 4) is 5.75 Å². The van der Waals surface area contributed by atoms with Crippen LogP contribution in [0.3, 0.4) is 0 Å². The summed E-state index contributed by atoms with van der Waals surface area (Å²) in [6, 6.07) is 7.24. The number of ether oxygens (including phenoxy) is 1. The molecule has 3 aromatic rings. The van der Waals surface area contributed by atoms with E-state index in [9.17, 15) is 9.59 Å². The van der Waals surface area contributed by atoms with Gasteiger partial charge in [0.25, 0.3) is 5.56 Å².